The summed E-state index contributed by atoms with van der Waals surface area (Å²) in [4.78, 5) is 15.3. The molecular weight excluding hydrogens is 410 g/mol. The van der Waals surface area contributed by atoms with E-state index in [9.17, 15) is 9.90 Å². The fourth-order valence-corrected chi connectivity index (χ4v) is 6.33. The van der Waals surface area contributed by atoms with E-state index < -0.39 is 5.60 Å². The molecule has 1 amide bonds. The van der Waals surface area contributed by atoms with E-state index in [-0.39, 0.29) is 24.1 Å². The summed E-state index contributed by atoms with van der Waals surface area (Å²) in [6.45, 7) is 4.55. The van der Waals surface area contributed by atoms with Crippen molar-refractivity contribution in [3.63, 3.8) is 0 Å². The molecule has 4 nitrogen and oxygen atoms in total. The number of hydrogen-bond donors (Lipinski definition) is 1. The monoisotopic (exact) mass is 445 g/mol. The summed E-state index contributed by atoms with van der Waals surface area (Å²) in [5.74, 6) is 0.0759. The molecule has 4 heteroatoms. The third-order valence-corrected chi connectivity index (χ3v) is 7.80. The largest absolute Gasteiger partial charge is 0.448 e. The molecule has 1 aliphatic carbocycles. The normalized spacial score (nSPS) is 25.8. The van der Waals surface area contributed by atoms with Crippen molar-refractivity contribution < 1.29 is 14.6 Å². The van der Waals surface area contributed by atoms with Gasteiger partial charge in [0.2, 0.25) is 0 Å². The van der Waals surface area contributed by atoms with Crippen molar-refractivity contribution in [3.8, 4) is 11.1 Å². The fourth-order valence-electron chi connectivity index (χ4n) is 6.33. The molecule has 33 heavy (non-hydrogen) atoms. The third kappa shape index (κ3) is 4.33. The van der Waals surface area contributed by atoms with Crippen molar-refractivity contribution in [1.82, 2.24) is 4.90 Å². The van der Waals surface area contributed by atoms with Gasteiger partial charge in [-0.3, -0.25) is 0 Å². The van der Waals surface area contributed by atoms with Crippen LogP contribution in [0.4, 0.5) is 4.79 Å². The van der Waals surface area contributed by atoms with E-state index in [2.05, 4.69) is 68.5 Å². The van der Waals surface area contributed by atoms with Gasteiger partial charge in [0, 0.05) is 18.0 Å². The van der Waals surface area contributed by atoms with Crippen LogP contribution in [0.15, 0.2) is 60.2 Å². The molecule has 0 saturated carbocycles. The van der Waals surface area contributed by atoms with Crippen LogP contribution in [-0.2, 0) is 4.74 Å². The Morgan fingerprint density at radius 3 is 2.18 bits per heavy atom. The van der Waals surface area contributed by atoms with Crippen LogP contribution in [0.1, 0.15) is 75.8 Å². The van der Waals surface area contributed by atoms with Crippen LogP contribution in [0.25, 0.3) is 11.1 Å². The molecule has 2 unspecified atom stereocenters. The molecule has 5 rings (SSSR count). The smallest absolute Gasteiger partial charge is 0.410 e. The number of carbonyl (C=O) groups is 1. The molecule has 0 spiro atoms. The highest BCUT2D eigenvalue weighted by atomic mass is 16.6. The summed E-state index contributed by atoms with van der Waals surface area (Å²) < 4.78 is 5.99. The summed E-state index contributed by atoms with van der Waals surface area (Å²) in [6.07, 6.45) is 7.98. The minimum absolute atomic E-state index is 0.0739. The molecule has 3 aliphatic rings. The summed E-state index contributed by atoms with van der Waals surface area (Å²) >= 11 is 0. The van der Waals surface area contributed by atoms with Gasteiger partial charge in [-0.15, -0.1) is 0 Å². The molecule has 1 N–H and O–H groups in total. The molecule has 2 saturated heterocycles. The Morgan fingerprint density at radius 1 is 1.03 bits per heavy atom. The number of allylic oxidation sites excluding steroid dienone is 2. The number of aliphatic hydroxyl groups is 1. The Labute approximate surface area is 197 Å². The van der Waals surface area contributed by atoms with Crippen molar-refractivity contribution in [1.29, 1.82) is 0 Å². The lowest BCUT2D eigenvalue weighted by molar-refractivity contribution is -0.0879. The van der Waals surface area contributed by atoms with Crippen LogP contribution in [0.2, 0.25) is 0 Å². The SMILES string of the molecule is CC(C)=CCCC1(O)CC2CCCC(C1)N2C(=O)OCC1c2ccccc2-c2ccccc21. The van der Waals surface area contributed by atoms with Gasteiger partial charge in [0.1, 0.15) is 6.61 Å². The number of ether oxygens (including phenoxy) is 1. The Balaban J connectivity index is 1.28. The molecule has 2 bridgehead atoms. The topological polar surface area (TPSA) is 49.8 Å². The quantitative estimate of drug-likeness (QED) is 0.540. The molecule has 0 aromatic heterocycles. The molecule has 0 radical (unpaired) electrons. The van der Waals surface area contributed by atoms with Crippen molar-refractivity contribution >= 4 is 6.09 Å². The van der Waals surface area contributed by atoms with Gasteiger partial charge in [0.15, 0.2) is 0 Å². The first-order valence-corrected chi connectivity index (χ1v) is 12.4. The average Bonchev–Trinajstić information content (AvgIpc) is 3.10. The maximum absolute atomic E-state index is 13.3. The zero-order valence-corrected chi connectivity index (χ0v) is 19.8. The van der Waals surface area contributed by atoms with Crippen LogP contribution >= 0.6 is 0 Å². The summed E-state index contributed by atoms with van der Waals surface area (Å²) in [7, 11) is 0. The zero-order valence-electron chi connectivity index (χ0n) is 19.8. The lowest BCUT2D eigenvalue weighted by Gasteiger charge is -2.51. The molecule has 174 valence electrons. The summed E-state index contributed by atoms with van der Waals surface area (Å²) in [5.41, 5.74) is 5.56. The molecule has 2 fully saturated rings. The van der Waals surface area contributed by atoms with E-state index >= 15 is 0 Å². The third-order valence-electron chi connectivity index (χ3n) is 7.80. The van der Waals surface area contributed by atoms with Crippen molar-refractivity contribution in [2.45, 2.75) is 82.4 Å². The lowest BCUT2D eigenvalue weighted by atomic mass is 9.74. The van der Waals surface area contributed by atoms with E-state index in [0.29, 0.717) is 19.4 Å². The van der Waals surface area contributed by atoms with Crippen molar-refractivity contribution in [3.05, 3.63) is 71.3 Å². The first-order valence-electron chi connectivity index (χ1n) is 12.4. The predicted octanol–water partition coefficient (Wildman–Crippen LogP) is 6.43. The molecule has 2 aromatic rings. The number of rotatable bonds is 5. The van der Waals surface area contributed by atoms with Gasteiger partial charge in [-0.2, -0.15) is 0 Å². The number of amides is 1. The number of piperidine rings is 2. The minimum Gasteiger partial charge on any atom is -0.448 e. The molecule has 2 aliphatic heterocycles. The Bertz CT molecular complexity index is 995. The maximum atomic E-state index is 13.3. The summed E-state index contributed by atoms with van der Waals surface area (Å²) in [6, 6.07) is 17.0. The number of benzene rings is 2. The Morgan fingerprint density at radius 2 is 1.61 bits per heavy atom. The standard InChI is InChI=1S/C29H35NO3/c1-20(2)9-8-16-29(32)17-21-10-7-11-22(18-29)30(21)28(31)33-19-27-25-14-5-3-12-23(25)24-13-4-6-15-26(24)27/h3-6,9,12-15,21-22,27,32H,7-8,10-11,16-19H2,1-2H3. The van der Waals surface area contributed by atoms with Crippen LogP contribution in [-0.4, -0.2) is 40.4 Å². The van der Waals surface area contributed by atoms with Gasteiger partial charge >= 0.3 is 6.09 Å². The van der Waals surface area contributed by atoms with E-state index in [1.54, 1.807) is 0 Å². The molecule has 2 aromatic carbocycles. The number of nitrogens with zero attached hydrogens (tertiary/aromatic N) is 1. The molecule has 2 atom stereocenters. The number of hydrogen-bond acceptors (Lipinski definition) is 3. The van der Waals surface area contributed by atoms with E-state index in [1.807, 2.05) is 4.90 Å². The van der Waals surface area contributed by atoms with E-state index in [1.165, 1.54) is 27.8 Å². The van der Waals surface area contributed by atoms with Crippen LogP contribution in [0.5, 0.6) is 0 Å². The van der Waals surface area contributed by atoms with Gasteiger partial charge in [-0.1, -0.05) is 60.2 Å². The van der Waals surface area contributed by atoms with E-state index in [4.69, 9.17) is 4.74 Å². The second-order valence-corrected chi connectivity index (χ2v) is 10.4. The second-order valence-electron chi connectivity index (χ2n) is 10.4. The van der Waals surface area contributed by atoms with Gasteiger partial charge in [0.25, 0.3) is 0 Å². The van der Waals surface area contributed by atoms with Crippen molar-refractivity contribution in [2.24, 2.45) is 0 Å². The van der Waals surface area contributed by atoms with Gasteiger partial charge in [0.05, 0.1) is 5.60 Å². The zero-order chi connectivity index (χ0) is 23.0. The average molecular weight is 446 g/mol. The predicted molar refractivity (Wildman–Crippen MR) is 131 cm³/mol. The van der Waals surface area contributed by atoms with Gasteiger partial charge in [-0.05, 0) is 81.0 Å². The first kappa shape index (κ1) is 22.2. The second kappa shape index (κ2) is 8.98. The van der Waals surface area contributed by atoms with Gasteiger partial charge < -0.3 is 14.7 Å². The highest BCUT2D eigenvalue weighted by molar-refractivity contribution is 5.79. The van der Waals surface area contributed by atoms with Crippen LogP contribution in [0, 0.1) is 0 Å². The van der Waals surface area contributed by atoms with E-state index in [0.717, 1.165) is 32.1 Å². The van der Waals surface area contributed by atoms with Crippen LogP contribution in [0.3, 0.4) is 0 Å². The fraction of sp³-hybridized carbons (Fsp3) is 0.483. The number of fused-ring (bicyclic) bond motifs is 5. The number of carbonyl (C=O) groups excluding carboxylic acids is 1. The van der Waals surface area contributed by atoms with Crippen molar-refractivity contribution in [2.75, 3.05) is 6.61 Å². The highest BCUT2D eigenvalue weighted by Crippen LogP contribution is 2.45. The lowest BCUT2D eigenvalue weighted by Crippen LogP contribution is -2.60. The molecular formula is C29H35NO3. The molecule has 2 heterocycles. The Kier molecular flexibility index (Phi) is 6.05. The van der Waals surface area contributed by atoms with Crippen LogP contribution < -0.4 is 0 Å². The maximum Gasteiger partial charge on any atom is 0.410 e. The summed E-state index contributed by atoms with van der Waals surface area (Å²) in [5, 5.41) is 11.3. The minimum atomic E-state index is -0.679. The highest BCUT2D eigenvalue weighted by Gasteiger charge is 2.47. The van der Waals surface area contributed by atoms with Gasteiger partial charge in [-0.25, -0.2) is 4.79 Å². The first-order chi connectivity index (χ1) is 16.0. The Hall–Kier alpha value is -2.59.